The van der Waals surface area contributed by atoms with E-state index in [1.54, 1.807) is 0 Å². The Morgan fingerprint density at radius 2 is 1.63 bits per heavy atom. The van der Waals surface area contributed by atoms with Gasteiger partial charge in [0, 0.05) is 0 Å². The van der Waals surface area contributed by atoms with Crippen LogP contribution in [0.2, 0.25) is 0 Å². The zero-order chi connectivity index (χ0) is 14.0. The first-order valence-corrected chi connectivity index (χ1v) is 8.67. The van der Waals surface area contributed by atoms with E-state index in [-0.39, 0.29) is 5.41 Å². The van der Waals surface area contributed by atoms with Crippen LogP contribution in [0, 0.1) is 22.7 Å². The van der Waals surface area contributed by atoms with Gasteiger partial charge in [0.15, 0.2) is 0 Å². The Hall–Kier alpha value is -0.510. The molecule has 0 radical (unpaired) electrons. The van der Waals surface area contributed by atoms with Gasteiger partial charge in [-0.15, -0.1) is 0 Å². The summed E-state index contributed by atoms with van der Waals surface area (Å²) in [5, 5.41) is 9.48. The first-order chi connectivity index (χ1) is 9.26. The lowest BCUT2D eigenvalue weighted by Crippen LogP contribution is -2.14. The van der Waals surface area contributed by atoms with Gasteiger partial charge in [-0.1, -0.05) is 71.6 Å². The molecule has 19 heavy (non-hydrogen) atoms. The van der Waals surface area contributed by atoms with Gasteiger partial charge in [-0.25, -0.2) is 0 Å². The highest BCUT2D eigenvalue weighted by molar-refractivity contribution is 5.03. The predicted octanol–water partition coefficient (Wildman–Crippen LogP) is 6.24. The summed E-state index contributed by atoms with van der Waals surface area (Å²) < 4.78 is 0. The Labute approximate surface area is 120 Å². The first-order valence-electron chi connectivity index (χ1n) is 8.67. The Morgan fingerprint density at radius 1 is 1.00 bits per heavy atom. The van der Waals surface area contributed by atoms with Crippen LogP contribution in [-0.4, -0.2) is 0 Å². The van der Waals surface area contributed by atoms with Gasteiger partial charge in [-0.05, 0) is 31.6 Å². The summed E-state index contributed by atoms with van der Waals surface area (Å²) in [6, 6.07) is 2.66. The molecule has 1 rings (SSSR count). The van der Waals surface area contributed by atoms with Crippen LogP contribution in [0.3, 0.4) is 0 Å². The third-order valence-electron chi connectivity index (χ3n) is 5.03. The van der Waals surface area contributed by atoms with E-state index in [9.17, 15) is 5.26 Å². The van der Waals surface area contributed by atoms with Crippen molar-refractivity contribution >= 4 is 0 Å². The minimum absolute atomic E-state index is 0.0584. The summed E-state index contributed by atoms with van der Waals surface area (Å²) in [5.41, 5.74) is 0.0584. The van der Waals surface area contributed by atoms with Crippen LogP contribution in [0.1, 0.15) is 97.3 Å². The molecule has 0 heterocycles. The SMILES string of the molecule is CCCCCCCCCCC1(C#N)CCC(CC)C1. The van der Waals surface area contributed by atoms with Crippen molar-refractivity contribution in [3.05, 3.63) is 0 Å². The lowest BCUT2D eigenvalue weighted by molar-refractivity contribution is 0.338. The number of unbranched alkanes of at least 4 members (excludes halogenated alkanes) is 7. The maximum atomic E-state index is 9.48. The van der Waals surface area contributed by atoms with Crippen molar-refractivity contribution in [1.82, 2.24) is 0 Å². The standard InChI is InChI=1S/C18H33N/c1-3-5-6-7-8-9-10-11-13-18(16-19)14-12-17(4-2)15-18/h17H,3-15H2,1-2H3. The van der Waals surface area contributed by atoms with Crippen molar-refractivity contribution in [2.24, 2.45) is 11.3 Å². The van der Waals surface area contributed by atoms with Crippen molar-refractivity contribution in [3.63, 3.8) is 0 Å². The Balaban J connectivity index is 2.06. The number of rotatable bonds is 10. The van der Waals surface area contributed by atoms with Gasteiger partial charge in [-0.2, -0.15) is 5.26 Å². The Kier molecular flexibility index (Phi) is 8.19. The summed E-state index contributed by atoms with van der Waals surface area (Å²) in [6.07, 6.45) is 17.0. The molecule has 0 bridgehead atoms. The smallest absolute Gasteiger partial charge is 0.0689 e. The maximum absolute atomic E-state index is 9.48. The van der Waals surface area contributed by atoms with E-state index < -0.39 is 0 Å². The quantitative estimate of drug-likeness (QED) is 0.428. The number of nitriles is 1. The summed E-state index contributed by atoms with van der Waals surface area (Å²) in [4.78, 5) is 0. The van der Waals surface area contributed by atoms with Crippen LogP contribution >= 0.6 is 0 Å². The van der Waals surface area contributed by atoms with E-state index >= 15 is 0 Å². The maximum Gasteiger partial charge on any atom is 0.0689 e. The summed E-state index contributed by atoms with van der Waals surface area (Å²) >= 11 is 0. The molecular formula is C18H33N. The second-order valence-corrected chi connectivity index (χ2v) is 6.63. The van der Waals surface area contributed by atoms with E-state index in [4.69, 9.17) is 0 Å². The topological polar surface area (TPSA) is 23.8 Å². The van der Waals surface area contributed by atoms with E-state index in [2.05, 4.69) is 19.9 Å². The summed E-state index contributed by atoms with van der Waals surface area (Å²) in [5.74, 6) is 0.827. The molecule has 1 heteroatoms. The molecule has 0 amide bonds. The summed E-state index contributed by atoms with van der Waals surface area (Å²) in [6.45, 7) is 4.54. The van der Waals surface area contributed by atoms with Crippen molar-refractivity contribution < 1.29 is 0 Å². The van der Waals surface area contributed by atoms with Crippen molar-refractivity contribution in [3.8, 4) is 6.07 Å². The third kappa shape index (κ3) is 5.98. The molecule has 2 unspecified atom stereocenters. The van der Waals surface area contributed by atoms with Gasteiger partial charge >= 0.3 is 0 Å². The molecule has 0 aromatic carbocycles. The molecule has 1 saturated carbocycles. The first kappa shape index (κ1) is 16.5. The van der Waals surface area contributed by atoms with Crippen LogP contribution in [0.5, 0.6) is 0 Å². The third-order valence-corrected chi connectivity index (χ3v) is 5.03. The van der Waals surface area contributed by atoms with Gasteiger partial charge in [0.2, 0.25) is 0 Å². The van der Waals surface area contributed by atoms with E-state index in [0.717, 1.165) is 12.3 Å². The van der Waals surface area contributed by atoms with Gasteiger partial charge in [0.25, 0.3) is 0 Å². The molecule has 1 aliphatic rings. The highest BCUT2D eigenvalue weighted by atomic mass is 14.4. The minimum Gasteiger partial charge on any atom is -0.198 e. The van der Waals surface area contributed by atoms with Crippen LogP contribution in [-0.2, 0) is 0 Å². The van der Waals surface area contributed by atoms with Crippen LogP contribution in [0.4, 0.5) is 0 Å². The van der Waals surface area contributed by atoms with E-state index in [0.29, 0.717) is 0 Å². The largest absolute Gasteiger partial charge is 0.198 e. The van der Waals surface area contributed by atoms with E-state index in [1.807, 2.05) is 0 Å². The monoisotopic (exact) mass is 263 g/mol. The van der Waals surface area contributed by atoms with Gasteiger partial charge in [-0.3, -0.25) is 0 Å². The molecular weight excluding hydrogens is 230 g/mol. The molecule has 0 spiro atoms. The number of nitrogens with zero attached hydrogens (tertiary/aromatic N) is 1. The van der Waals surface area contributed by atoms with Gasteiger partial charge < -0.3 is 0 Å². The fourth-order valence-electron chi connectivity index (χ4n) is 3.57. The molecule has 2 atom stereocenters. The van der Waals surface area contributed by atoms with Gasteiger partial charge in [0.05, 0.1) is 11.5 Å². The second-order valence-electron chi connectivity index (χ2n) is 6.63. The molecule has 0 saturated heterocycles. The number of hydrogen-bond donors (Lipinski definition) is 0. The normalized spacial score (nSPS) is 26.5. The van der Waals surface area contributed by atoms with Crippen LogP contribution < -0.4 is 0 Å². The fourth-order valence-corrected chi connectivity index (χ4v) is 3.57. The highest BCUT2D eigenvalue weighted by Gasteiger charge is 2.37. The fraction of sp³-hybridized carbons (Fsp3) is 0.944. The summed E-state index contributed by atoms with van der Waals surface area (Å²) in [7, 11) is 0. The average Bonchev–Trinajstić information content (AvgIpc) is 2.86. The number of hydrogen-bond acceptors (Lipinski definition) is 1. The van der Waals surface area contributed by atoms with Crippen molar-refractivity contribution in [2.45, 2.75) is 97.3 Å². The molecule has 1 fully saturated rings. The molecule has 0 aromatic rings. The van der Waals surface area contributed by atoms with E-state index in [1.165, 1.54) is 77.0 Å². The van der Waals surface area contributed by atoms with Crippen LogP contribution in [0.25, 0.3) is 0 Å². The predicted molar refractivity (Wildman–Crippen MR) is 82.9 cm³/mol. The minimum atomic E-state index is 0.0584. The molecule has 110 valence electrons. The lowest BCUT2D eigenvalue weighted by atomic mass is 9.81. The van der Waals surface area contributed by atoms with Crippen molar-refractivity contribution in [1.29, 1.82) is 5.26 Å². The van der Waals surface area contributed by atoms with Gasteiger partial charge in [0.1, 0.15) is 0 Å². The molecule has 1 aliphatic carbocycles. The Morgan fingerprint density at radius 3 is 2.16 bits per heavy atom. The molecule has 0 aliphatic heterocycles. The van der Waals surface area contributed by atoms with Crippen LogP contribution in [0.15, 0.2) is 0 Å². The molecule has 0 N–H and O–H groups in total. The zero-order valence-electron chi connectivity index (χ0n) is 13.2. The zero-order valence-corrected chi connectivity index (χ0v) is 13.2. The second kappa shape index (κ2) is 9.40. The Bertz CT molecular complexity index is 265. The van der Waals surface area contributed by atoms with Crippen molar-refractivity contribution in [2.75, 3.05) is 0 Å². The lowest BCUT2D eigenvalue weighted by Gasteiger charge is -2.20. The average molecular weight is 263 g/mol. The highest BCUT2D eigenvalue weighted by Crippen LogP contribution is 2.46. The molecule has 1 nitrogen and oxygen atoms in total. The molecule has 0 aromatic heterocycles.